The van der Waals surface area contributed by atoms with Crippen LogP contribution in [0.2, 0.25) is 0 Å². The van der Waals surface area contributed by atoms with Gasteiger partial charge in [-0.2, -0.15) is 0 Å². The number of aliphatic hydroxyl groups is 1. The van der Waals surface area contributed by atoms with Crippen LogP contribution >= 0.6 is 0 Å². The van der Waals surface area contributed by atoms with Crippen LogP contribution in [0.1, 0.15) is 45.2 Å². The van der Waals surface area contributed by atoms with Crippen molar-refractivity contribution < 1.29 is 29.7 Å². The highest BCUT2D eigenvalue weighted by Crippen LogP contribution is 2.45. The molecule has 1 saturated heterocycles. The largest absolute Gasteiger partial charge is 0.473 e. The first-order valence-electron chi connectivity index (χ1n) is 9.61. The summed E-state index contributed by atoms with van der Waals surface area (Å²) < 4.78 is 0. The van der Waals surface area contributed by atoms with Crippen molar-refractivity contribution >= 4 is 23.7 Å². The molecule has 10 heteroatoms. The van der Waals surface area contributed by atoms with E-state index in [1.807, 2.05) is 4.90 Å². The molecule has 1 amide bonds. The van der Waals surface area contributed by atoms with Crippen LogP contribution in [0, 0.1) is 0 Å². The van der Waals surface area contributed by atoms with Gasteiger partial charge in [0.2, 0.25) is 5.91 Å². The van der Waals surface area contributed by atoms with Gasteiger partial charge in [0.25, 0.3) is 0 Å². The summed E-state index contributed by atoms with van der Waals surface area (Å²) in [6, 6.07) is 0.366. The first-order chi connectivity index (χ1) is 13.6. The molecule has 2 aliphatic heterocycles. The van der Waals surface area contributed by atoms with Crippen LogP contribution in [0.15, 0.2) is 12.4 Å². The topological polar surface area (TPSA) is 144 Å². The number of nitrogens with zero attached hydrogens (tertiary/aromatic N) is 4. The van der Waals surface area contributed by atoms with E-state index in [1.54, 1.807) is 12.4 Å². The molecule has 29 heavy (non-hydrogen) atoms. The van der Waals surface area contributed by atoms with E-state index >= 15 is 0 Å². The average molecular weight is 406 g/mol. The van der Waals surface area contributed by atoms with Crippen LogP contribution in [0.3, 0.4) is 0 Å². The number of fused-ring (bicyclic) bond motifs is 2. The van der Waals surface area contributed by atoms with Crippen molar-refractivity contribution in [2.24, 2.45) is 0 Å². The fourth-order valence-corrected chi connectivity index (χ4v) is 4.08. The summed E-state index contributed by atoms with van der Waals surface area (Å²) in [4.78, 5) is 43.9. The van der Waals surface area contributed by atoms with Crippen molar-refractivity contribution in [3.05, 3.63) is 18.1 Å². The predicted molar refractivity (Wildman–Crippen MR) is 101 cm³/mol. The van der Waals surface area contributed by atoms with E-state index < -0.39 is 17.5 Å². The Bertz CT molecular complexity index is 805. The summed E-state index contributed by atoms with van der Waals surface area (Å²) in [6.45, 7) is 6.57. The normalized spacial score (nSPS) is 20.3. The molecule has 0 atom stereocenters. The Balaban J connectivity index is 0.000000353. The number of hydrogen-bond acceptors (Lipinski definition) is 7. The number of rotatable bonds is 3. The summed E-state index contributed by atoms with van der Waals surface area (Å²) >= 11 is 0. The number of aromatic nitrogens is 2. The van der Waals surface area contributed by atoms with Gasteiger partial charge in [-0.3, -0.25) is 9.78 Å². The van der Waals surface area contributed by atoms with Crippen LogP contribution in [0.4, 0.5) is 5.82 Å². The molecule has 4 rings (SSSR count). The Kier molecular flexibility index (Phi) is 5.48. The third-order valence-corrected chi connectivity index (χ3v) is 5.84. The van der Waals surface area contributed by atoms with Gasteiger partial charge in [-0.1, -0.05) is 0 Å². The summed E-state index contributed by atoms with van der Waals surface area (Å²) in [5.41, 5.74) is 0.211. The third-order valence-electron chi connectivity index (χ3n) is 5.84. The molecule has 0 aromatic carbocycles. The molecule has 0 bridgehead atoms. The van der Waals surface area contributed by atoms with Crippen molar-refractivity contribution in [2.75, 3.05) is 24.5 Å². The molecular weight excluding hydrogens is 380 g/mol. The lowest BCUT2D eigenvalue weighted by Gasteiger charge is -2.49. The molecule has 1 saturated carbocycles. The SMILES string of the molecule is CC(C)N1CC2(CN(C(=O)CC3(O)CCC3)C2)c2nccnc21.O=C(O)C(=O)O. The molecule has 0 radical (unpaired) electrons. The second kappa shape index (κ2) is 7.58. The minimum absolute atomic E-state index is 0.0752. The molecule has 158 valence electrons. The zero-order chi connectivity index (χ0) is 21.4. The quantitative estimate of drug-likeness (QED) is 0.601. The molecule has 0 unspecified atom stereocenters. The number of carbonyl (C=O) groups is 3. The smallest absolute Gasteiger partial charge is 0.414 e. The molecule has 2 fully saturated rings. The van der Waals surface area contributed by atoms with Crippen LogP contribution < -0.4 is 4.90 Å². The number of carboxylic acid groups (broad SMARTS) is 2. The Hall–Kier alpha value is -2.75. The lowest BCUT2D eigenvalue weighted by Crippen LogP contribution is -2.64. The Morgan fingerprint density at radius 1 is 1.07 bits per heavy atom. The van der Waals surface area contributed by atoms with E-state index in [4.69, 9.17) is 19.8 Å². The number of carboxylic acids is 2. The second-order valence-corrected chi connectivity index (χ2v) is 8.35. The van der Waals surface area contributed by atoms with Crippen molar-refractivity contribution in [3.63, 3.8) is 0 Å². The highest BCUT2D eigenvalue weighted by Gasteiger charge is 2.55. The fourth-order valence-electron chi connectivity index (χ4n) is 4.08. The van der Waals surface area contributed by atoms with E-state index in [2.05, 4.69) is 28.7 Å². The van der Waals surface area contributed by atoms with Gasteiger partial charge in [0.05, 0.1) is 23.1 Å². The zero-order valence-electron chi connectivity index (χ0n) is 16.5. The van der Waals surface area contributed by atoms with Crippen molar-refractivity contribution in [1.29, 1.82) is 0 Å². The number of hydrogen-bond donors (Lipinski definition) is 3. The average Bonchev–Trinajstić information content (AvgIpc) is 2.95. The van der Waals surface area contributed by atoms with Gasteiger partial charge >= 0.3 is 11.9 Å². The molecule has 1 aromatic heterocycles. The molecule has 1 spiro atoms. The van der Waals surface area contributed by atoms with Gasteiger partial charge in [0.1, 0.15) is 0 Å². The summed E-state index contributed by atoms with van der Waals surface area (Å²) in [5, 5.41) is 25.0. The molecule has 1 aromatic rings. The third kappa shape index (κ3) is 4.02. The van der Waals surface area contributed by atoms with Gasteiger partial charge in [-0.15, -0.1) is 0 Å². The first-order valence-corrected chi connectivity index (χ1v) is 9.61. The van der Waals surface area contributed by atoms with E-state index in [0.717, 1.165) is 37.3 Å². The lowest BCUT2D eigenvalue weighted by molar-refractivity contribution is -0.159. The Labute approximate surface area is 168 Å². The summed E-state index contributed by atoms with van der Waals surface area (Å²) in [6.07, 6.45) is 6.29. The predicted octanol–water partition coefficient (Wildman–Crippen LogP) is 0.246. The fraction of sp³-hybridized carbons (Fsp3) is 0.632. The van der Waals surface area contributed by atoms with E-state index in [9.17, 15) is 9.90 Å². The van der Waals surface area contributed by atoms with Gasteiger partial charge in [-0.05, 0) is 33.1 Å². The monoisotopic (exact) mass is 406 g/mol. The lowest BCUT2D eigenvalue weighted by atomic mass is 9.75. The van der Waals surface area contributed by atoms with Crippen LogP contribution in [0.25, 0.3) is 0 Å². The van der Waals surface area contributed by atoms with Gasteiger partial charge in [-0.25, -0.2) is 14.6 Å². The van der Waals surface area contributed by atoms with Crippen molar-refractivity contribution in [3.8, 4) is 0 Å². The van der Waals surface area contributed by atoms with E-state index in [-0.39, 0.29) is 17.7 Å². The van der Waals surface area contributed by atoms with Gasteiger partial charge in [0.15, 0.2) is 5.82 Å². The molecule has 1 aliphatic carbocycles. The maximum atomic E-state index is 12.4. The highest BCUT2D eigenvalue weighted by atomic mass is 16.4. The Morgan fingerprint density at radius 3 is 2.14 bits per heavy atom. The summed E-state index contributed by atoms with van der Waals surface area (Å²) in [7, 11) is 0. The molecule has 3 heterocycles. The number of aliphatic carboxylic acids is 2. The number of carbonyl (C=O) groups excluding carboxylic acids is 1. The molecule has 3 aliphatic rings. The molecule has 10 nitrogen and oxygen atoms in total. The standard InChI is InChI=1S/C17H24N4O2.C2H2O4/c1-12(2)21-11-16(14-15(21)19-7-6-18-14)9-20(10-16)13(22)8-17(23)4-3-5-17;3-1(4)2(5)6/h6-7,12,23H,3-5,8-11H2,1-2H3;(H,3,4)(H,5,6). The second-order valence-electron chi connectivity index (χ2n) is 8.35. The van der Waals surface area contributed by atoms with E-state index in [0.29, 0.717) is 19.1 Å². The van der Waals surface area contributed by atoms with Crippen LogP contribution in [-0.2, 0) is 19.8 Å². The van der Waals surface area contributed by atoms with E-state index in [1.165, 1.54) is 0 Å². The highest BCUT2D eigenvalue weighted by molar-refractivity contribution is 6.27. The van der Waals surface area contributed by atoms with Crippen molar-refractivity contribution in [1.82, 2.24) is 14.9 Å². The van der Waals surface area contributed by atoms with Gasteiger partial charge in [0, 0.05) is 38.1 Å². The zero-order valence-corrected chi connectivity index (χ0v) is 16.5. The Morgan fingerprint density at radius 2 is 1.66 bits per heavy atom. The maximum Gasteiger partial charge on any atom is 0.414 e. The van der Waals surface area contributed by atoms with Crippen LogP contribution in [-0.4, -0.2) is 79.3 Å². The number of anilines is 1. The molecular formula is C19H26N4O6. The minimum Gasteiger partial charge on any atom is -0.473 e. The maximum absolute atomic E-state index is 12.4. The first kappa shape index (κ1) is 21.0. The molecule has 3 N–H and O–H groups in total. The minimum atomic E-state index is -1.82. The summed E-state index contributed by atoms with van der Waals surface area (Å²) in [5.74, 6) is -2.61. The number of amides is 1. The van der Waals surface area contributed by atoms with Gasteiger partial charge < -0.3 is 25.1 Å². The number of likely N-dealkylation sites (tertiary alicyclic amines) is 1. The van der Waals surface area contributed by atoms with Crippen LogP contribution in [0.5, 0.6) is 0 Å². The van der Waals surface area contributed by atoms with Crippen molar-refractivity contribution in [2.45, 2.75) is 56.6 Å².